The van der Waals surface area contributed by atoms with Crippen molar-refractivity contribution < 1.29 is 9.59 Å². The van der Waals surface area contributed by atoms with E-state index in [1.54, 1.807) is 0 Å². The smallest absolute Gasteiger partial charge is 0.270 e. The van der Waals surface area contributed by atoms with Crippen LogP contribution in [0.5, 0.6) is 0 Å². The number of hydrogen-bond donors (Lipinski definition) is 2. The van der Waals surface area contributed by atoms with Gasteiger partial charge in [-0.1, -0.05) is 44.0 Å². The summed E-state index contributed by atoms with van der Waals surface area (Å²) in [4.78, 5) is 23.2. The Kier molecular flexibility index (Phi) is 6.27. The third kappa shape index (κ3) is 5.14. The summed E-state index contributed by atoms with van der Waals surface area (Å²) in [6.07, 6.45) is 4.18. The maximum atomic E-state index is 12.1. The quantitative estimate of drug-likeness (QED) is 0.768. The summed E-state index contributed by atoms with van der Waals surface area (Å²) in [5.74, 6) is -0.150. The molecule has 2 aromatic rings. The Balaban J connectivity index is 1.98. The minimum atomic E-state index is -0.614. The van der Waals surface area contributed by atoms with E-state index in [9.17, 15) is 9.59 Å². The first-order chi connectivity index (χ1) is 11.9. The molecule has 7 nitrogen and oxygen atoms in total. The SMILES string of the molecule is CCCC(C)CC(=O)NC(C)c1ccc(-n2cc(C(N)=O)nn2)cc1. The lowest BCUT2D eigenvalue weighted by atomic mass is 10.0. The molecule has 25 heavy (non-hydrogen) atoms. The molecule has 1 aromatic heterocycles. The molecule has 2 unspecified atom stereocenters. The topological polar surface area (TPSA) is 103 Å². The number of rotatable bonds is 8. The molecule has 134 valence electrons. The van der Waals surface area contributed by atoms with E-state index in [-0.39, 0.29) is 17.6 Å². The third-order valence-electron chi connectivity index (χ3n) is 4.10. The van der Waals surface area contributed by atoms with E-state index in [0.29, 0.717) is 12.3 Å². The van der Waals surface area contributed by atoms with E-state index < -0.39 is 5.91 Å². The largest absolute Gasteiger partial charge is 0.364 e. The normalized spacial score (nSPS) is 13.2. The second kappa shape index (κ2) is 8.41. The number of carbonyl (C=O) groups is 2. The van der Waals surface area contributed by atoms with Crippen molar-refractivity contribution in [2.75, 3.05) is 0 Å². The fraction of sp³-hybridized carbons (Fsp3) is 0.444. The van der Waals surface area contributed by atoms with Crippen LogP contribution in [0.3, 0.4) is 0 Å². The molecule has 2 amide bonds. The Morgan fingerprint density at radius 1 is 1.24 bits per heavy atom. The number of hydrogen-bond acceptors (Lipinski definition) is 4. The van der Waals surface area contributed by atoms with Gasteiger partial charge >= 0.3 is 0 Å². The number of nitrogens with two attached hydrogens (primary N) is 1. The Labute approximate surface area is 147 Å². The Morgan fingerprint density at radius 2 is 1.92 bits per heavy atom. The molecule has 0 spiro atoms. The fourth-order valence-electron chi connectivity index (χ4n) is 2.71. The van der Waals surface area contributed by atoms with E-state index in [2.05, 4.69) is 29.5 Å². The molecule has 1 aromatic carbocycles. The minimum absolute atomic E-state index is 0.0694. The van der Waals surface area contributed by atoms with Gasteiger partial charge in [0.25, 0.3) is 5.91 Å². The highest BCUT2D eigenvalue weighted by molar-refractivity contribution is 5.90. The van der Waals surface area contributed by atoms with Gasteiger partial charge in [-0.2, -0.15) is 0 Å². The highest BCUT2D eigenvalue weighted by Crippen LogP contribution is 2.17. The van der Waals surface area contributed by atoms with Crippen LogP contribution in [0.2, 0.25) is 0 Å². The van der Waals surface area contributed by atoms with Crippen LogP contribution in [-0.2, 0) is 4.79 Å². The van der Waals surface area contributed by atoms with E-state index >= 15 is 0 Å². The fourth-order valence-corrected chi connectivity index (χ4v) is 2.71. The molecule has 7 heteroatoms. The number of nitrogens with one attached hydrogen (secondary N) is 1. The second-order valence-corrected chi connectivity index (χ2v) is 6.39. The Morgan fingerprint density at radius 3 is 2.48 bits per heavy atom. The van der Waals surface area contributed by atoms with Gasteiger partial charge in [0.2, 0.25) is 5.91 Å². The van der Waals surface area contributed by atoms with Crippen LogP contribution in [0.1, 0.15) is 62.1 Å². The summed E-state index contributed by atoms with van der Waals surface area (Å²) in [7, 11) is 0. The molecule has 1 heterocycles. The summed E-state index contributed by atoms with van der Waals surface area (Å²) in [6, 6.07) is 7.48. The van der Waals surface area contributed by atoms with Crippen molar-refractivity contribution in [1.29, 1.82) is 0 Å². The first kappa shape index (κ1) is 18.6. The van der Waals surface area contributed by atoms with Crippen molar-refractivity contribution in [3.05, 3.63) is 41.7 Å². The predicted octanol–water partition coefficient (Wildman–Crippen LogP) is 2.37. The van der Waals surface area contributed by atoms with Gasteiger partial charge in [0.15, 0.2) is 5.69 Å². The molecule has 0 fully saturated rings. The highest BCUT2D eigenvalue weighted by atomic mass is 16.2. The molecule has 2 rings (SSSR count). The molecule has 0 saturated carbocycles. The van der Waals surface area contributed by atoms with Crippen molar-refractivity contribution in [3.8, 4) is 5.69 Å². The van der Waals surface area contributed by atoms with Crippen LogP contribution >= 0.6 is 0 Å². The van der Waals surface area contributed by atoms with Crippen LogP contribution in [0.4, 0.5) is 0 Å². The molecule has 0 radical (unpaired) electrons. The molecule has 0 aliphatic heterocycles. The summed E-state index contributed by atoms with van der Waals surface area (Å²) in [5.41, 5.74) is 7.05. The molecule has 0 aliphatic rings. The standard InChI is InChI=1S/C18H25N5O2/c1-4-5-12(2)10-17(24)20-13(3)14-6-8-15(9-7-14)23-11-16(18(19)25)21-22-23/h6-9,11-13H,4-5,10H2,1-3H3,(H2,19,25)(H,20,24). The number of aromatic nitrogens is 3. The number of benzene rings is 1. The first-order valence-electron chi connectivity index (χ1n) is 8.52. The molecule has 0 aliphatic carbocycles. The van der Waals surface area contributed by atoms with Gasteiger partial charge in [0.1, 0.15) is 0 Å². The van der Waals surface area contributed by atoms with Crippen molar-refractivity contribution in [3.63, 3.8) is 0 Å². The summed E-state index contributed by atoms with van der Waals surface area (Å²) in [6.45, 7) is 6.18. The number of carbonyl (C=O) groups excluding carboxylic acids is 2. The third-order valence-corrected chi connectivity index (χ3v) is 4.10. The Bertz CT molecular complexity index is 723. The molecule has 2 atom stereocenters. The Hall–Kier alpha value is -2.70. The van der Waals surface area contributed by atoms with Gasteiger partial charge in [-0.05, 0) is 30.5 Å². The van der Waals surface area contributed by atoms with Crippen molar-refractivity contribution in [2.24, 2.45) is 11.7 Å². The summed E-state index contributed by atoms with van der Waals surface area (Å²) < 4.78 is 1.49. The van der Waals surface area contributed by atoms with Gasteiger partial charge in [0, 0.05) is 6.42 Å². The predicted molar refractivity (Wildman–Crippen MR) is 95.1 cm³/mol. The molecular formula is C18H25N5O2. The van der Waals surface area contributed by atoms with Crippen LogP contribution in [0.25, 0.3) is 5.69 Å². The molecular weight excluding hydrogens is 318 g/mol. The second-order valence-electron chi connectivity index (χ2n) is 6.39. The van der Waals surface area contributed by atoms with Gasteiger partial charge in [-0.25, -0.2) is 4.68 Å². The minimum Gasteiger partial charge on any atom is -0.364 e. The van der Waals surface area contributed by atoms with E-state index in [1.807, 2.05) is 31.2 Å². The van der Waals surface area contributed by atoms with E-state index in [1.165, 1.54) is 10.9 Å². The van der Waals surface area contributed by atoms with Crippen molar-refractivity contribution >= 4 is 11.8 Å². The zero-order chi connectivity index (χ0) is 18.4. The van der Waals surface area contributed by atoms with Crippen LogP contribution in [-0.4, -0.2) is 26.8 Å². The van der Waals surface area contributed by atoms with Gasteiger partial charge in [-0.15, -0.1) is 5.10 Å². The lowest BCUT2D eigenvalue weighted by molar-refractivity contribution is -0.122. The number of nitrogens with zero attached hydrogens (tertiary/aromatic N) is 3. The average Bonchev–Trinajstić information content (AvgIpc) is 3.05. The van der Waals surface area contributed by atoms with Gasteiger partial charge in [0.05, 0.1) is 17.9 Å². The van der Waals surface area contributed by atoms with Crippen LogP contribution < -0.4 is 11.1 Å². The maximum absolute atomic E-state index is 12.1. The lowest BCUT2D eigenvalue weighted by Crippen LogP contribution is -2.27. The van der Waals surface area contributed by atoms with Gasteiger partial charge < -0.3 is 11.1 Å². The zero-order valence-electron chi connectivity index (χ0n) is 14.9. The molecule has 0 saturated heterocycles. The zero-order valence-corrected chi connectivity index (χ0v) is 14.9. The summed E-state index contributed by atoms with van der Waals surface area (Å²) in [5, 5.41) is 10.6. The maximum Gasteiger partial charge on any atom is 0.270 e. The van der Waals surface area contributed by atoms with E-state index in [0.717, 1.165) is 24.1 Å². The highest BCUT2D eigenvalue weighted by Gasteiger charge is 2.13. The van der Waals surface area contributed by atoms with Crippen molar-refractivity contribution in [1.82, 2.24) is 20.3 Å². The van der Waals surface area contributed by atoms with Crippen molar-refractivity contribution in [2.45, 2.75) is 46.1 Å². The molecule has 0 bridgehead atoms. The monoisotopic (exact) mass is 343 g/mol. The average molecular weight is 343 g/mol. The first-order valence-corrected chi connectivity index (χ1v) is 8.52. The van der Waals surface area contributed by atoms with E-state index in [4.69, 9.17) is 5.73 Å². The number of primary amides is 1. The van der Waals surface area contributed by atoms with Gasteiger partial charge in [-0.3, -0.25) is 9.59 Å². The molecule has 3 N–H and O–H groups in total. The number of amides is 2. The van der Waals surface area contributed by atoms with Crippen LogP contribution in [0.15, 0.2) is 30.5 Å². The lowest BCUT2D eigenvalue weighted by Gasteiger charge is -2.16. The van der Waals surface area contributed by atoms with Crippen LogP contribution in [0, 0.1) is 5.92 Å². The summed E-state index contributed by atoms with van der Waals surface area (Å²) >= 11 is 0.